The maximum absolute atomic E-state index is 4.45. The van der Waals surface area contributed by atoms with Crippen molar-refractivity contribution in [2.45, 2.75) is 6.42 Å². The fourth-order valence-corrected chi connectivity index (χ4v) is 2.89. The highest BCUT2D eigenvalue weighted by molar-refractivity contribution is 5.82. The number of aromatic nitrogens is 4. The number of fused-ring (bicyclic) bond motifs is 1. The summed E-state index contributed by atoms with van der Waals surface area (Å²) in [7, 11) is 2.09. The monoisotopic (exact) mass is 289 g/mol. The predicted molar refractivity (Wildman–Crippen MR) is 85.5 cm³/mol. The van der Waals surface area contributed by atoms with Crippen molar-refractivity contribution in [1.29, 1.82) is 0 Å². The van der Waals surface area contributed by atoms with E-state index in [1.807, 2.05) is 36.4 Å². The van der Waals surface area contributed by atoms with Gasteiger partial charge in [0.05, 0.1) is 17.1 Å². The van der Waals surface area contributed by atoms with E-state index in [0.717, 1.165) is 41.4 Å². The van der Waals surface area contributed by atoms with Gasteiger partial charge in [-0.05, 0) is 30.7 Å². The molecular formula is C17H15N5. The van der Waals surface area contributed by atoms with Crippen LogP contribution in [0.1, 0.15) is 5.56 Å². The van der Waals surface area contributed by atoms with Crippen LogP contribution in [0.15, 0.2) is 48.8 Å². The first-order valence-corrected chi connectivity index (χ1v) is 7.28. The number of hydrogen-bond donors (Lipinski definition) is 0. The summed E-state index contributed by atoms with van der Waals surface area (Å²) < 4.78 is 0. The Bertz CT molecular complexity index is 802. The number of likely N-dealkylation sites (N-methyl/N-ethyl adjacent to an activating group) is 1. The molecule has 0 aromatic carbocycles. The summed E-state index contributed by atoms with van der Waals surface area (Å²) in [6.07, 6.45) is 4.52. The predicted octanol–water partition coefficient (Wildman–Crippen LogP) is 2.59. The molecule has 0 saturated carbocycles. The van der Waals surface area contributed by atoms with E-state index in [-0.39, 0.29) is 0 Å². The molecular weight excluding hydrogens is 274 g/mol. The zero-order chi connectivity index (χ0) is 14.9. The van der Waals surface area contributed by atoms with Crippen molar-refractivity contribution in [2.24, 2.45) is 0 Å². The summed E-state index contributed by atoms with van der Waals surface area (Å²) >= 11 is 0. The van der Waals surface area contributed by atoms with Gasteiger partial charge in [0, 0.05) is 31.5 Å². The van der Waals surface area contributed by atoms with Crippen molar-refractivity contribution in [2.75, 3.05) is 18.5 Å². The molecule has 0 radical (unpaired) electrons. The third kappa shape index (κ3) is 2.02. The van der Waals surface area contributed by atoms with Crippen LogP contribution in [0.2, 0.25) is 0 Å². The molecule has 0 spiro atoms. The van der Waals surface area contributed by atoms with Gasteiger partial charge in [0.15, 0.2) is 0 Å². The van der Waals surface area contributed by atoms with Gasteiger partial charge in [-0.15, -0.1) is 10.2 Å². The Balaban J connectivity index is 1.93. The second-order valence-corrected chi connectivity index (χ2v) is 5.33. The lowest BCUT2D eigenvalue weighted by Gasteiger charge is -2.16. The van der Waals surface area contributed by atoms with Gasteiger partial charge in [-0.1, -0.05) is 12.1 Å². The molecule has 0 amide bonds. The third-order valence-corrected chi connectivity index (χ3v) is 3.94. The Morgan fingerprint density at radius 1 is 0.864 bits per heavy atom. The molecule has 108 valence electrons. The minimum Gasteiger partial charge on any atom is -0.372 e. The van der Waals surface area contributed by atoms with Gasteiger partial charge in [-0.25, -0.2) is 0 Å². The minimum atomic E-state index is 0.843. The van der Waals surface area contributed by atoms with Gasteiger partial charge in [0.25, 0.3) is 0 Å². The SMILES string of the molecule is CN1CCc2c(-c3ccccn3)nnc(-c3ccccn3)c21. The highest BCUT2D eigenvalue weighted by atomic mass is 15.2. The van der Waals surface area contributed by atoms with Gasteiger partial charge in [0.2, 0.25) is 0 Å². The normalized spacial score (nSPS) is 13.2. The molecule has 1 aliphatic rings. The van der Waals surface area contributed by atoms with Crippen molar-refractivity contribution < 1.29 is 0 Å². The quantitative estimate of drug-likeness (QED) is 0.726. The molecule has 0 saturated heterocycles. The Morgan fingerprint density at radius 3 is 2.14 bits per heavy atom. The first-order chi connectivity index (χ1) is 10.8. The van der Waals surface area contributed by atoms with Crippen LogP contribution < -0.4 is 4.90 Å². The number of anilines is 1. The van der Waals surface area contributed by atoms with Crippen LogP contribution in [0.3, 0.4) is 0 Å². The highest BCUT2D eigenvalue weighted by Gasteiger charge is 2.27. The number of nitrogens with zero attached hydrogens (tertiary/aromatic N) is 5. The van der Waals surface area contributed by atoms with E-state index in [2.05, 4.69) is 32.1 Å². The van der Waals surface area contributed by atoms with Crippen molar-refractivity contribution in [3.8, 4) is 22.8 Å². The van der Waals surface area contributed by atoms with Crippen LogP contribution in [0.25, 0.3) is 22.8 Å². The number of pyridine rings is 2. The molecule has 5 nitrogen and oxygen atoms in total. The molecule has 0 atom stereocenters. The second-order valence-electron chi connectivity index (χ2n) is 5.33. The van der Waals surface area contributed by atoms with Crippen molar-refractivity contribution in [3.05, 3.63) is 54.4 Å². The van der Waals surface area contributed by atoms with Gasteiger partial charge in [0.1, 0.15) is 11.4 Å². The number of rotatable bonds is 2. The molecule has 4 heterocycles. The van der Waals surface area contributed by atoms with E-state index in [0.29, 0.717) is 0 Å². The van der Waals surface area contributed by atoms with E-state index in [1.165, 1.54) is 5.56 Å². The molecule has 3 aromatic heterocycles. The van der Waals surface area contributed by atoms with Crippen molar-refractivity contribution in [1.82, 2.24) is 20.2 Å². The molecule has 0 N–H and O–H groups in total. The van der Waals surface area contributed by atoms with Crippen LogP contribution in [0, 0.1) is 0 Å². The van der Waals surface area contributed by atoms with Crippen LogP contribution >= 0.6 is 0 Å². The highest BCUT2D eigenvalue weighted by Crippen LogP contribution is 2.38. The summed E-state index contributed by atoms with van der Waals surface area (Å²) in [6, 6.07) is 11.7. The minimum absolute atomic E-state index is 0.843. The fourth-order valence-electron chi connectivity index (χ4n) is 2.89. The summed E-state index contributed by atoms with van der Waals surface area (Å²) in [5, 5.41) is 8.91. The molecule has 0 bridgehead atoms. The van der Waals surface area contributed by atoms with Gasteiger partial charge < -0.3 is 4.90 Å². The lowest BCUT2D eigenvalue weighted by atomic mass is 10.1. The molecule has 0 unspecified atom stereocenters. The Hall–Kier alpha value is -2.82. The molecule has 0 aliphatic carbocycles. The summed E-state index contributed by atoms with van der Waals surface area (Å²) in [5.41, 5.74) is 5.77. The average molecular weight is 289 g/mol. The lowest BCUT2D eigenvalue weighted by molar-refractivity contribution is 0.955. The second kappa shape index (κ2) is 5.18. The van der Waals surface area contributed by atoms with Crippen LogP contribution in [0.4, 0.5) is 5.69 Å². The maximum atomic E-state index is 4.45. The smallest absolute Gasteiger partial charge is 0.135 e. The van der Waals surface area contributed by atoms with E-state index in [4.69, 9.17) is 0 Å². The zero-order valence-electron chi connectivity index (χ0n) is 12.3. The standard InChI is InChI=1S/C17H15N5/c1-22-11-8-12-15(13-6-2-4-9-18-13)20-21-16(17(12)22)14-7-3-5-10-19-14/h2-7,9-10H,8,11H2,1H3. The summed E-state index contributed by atoms with van der Waals surface area (Å²) in [5.74, 6) is 0. The van der Waals surface area contributed by atoms with Crippen LogP contribution in [0.5, 0.6) is 0 Å². The maximum Gasteiger partial charge on any atom is 0.135 e. The van der Waals surface area contributed by atoms with Gasteiger partial charge in [-0.2, -0.15) is 0 Å². The first kappa shape index (κ1) is 12.9. The fraction of sp³-hybridized carbons (Fsp3) is 0.176. The molecule has 0 fully saturated rings. The number of hydrogen-bond acceptors (Lipinski definition) is 5. The largest absolute Gasteiger partial charge is 0.372 e. The van der Waals surface area contributed by atoms with Crippen molar-refractivity contribution >= 4 is 5.69 Å². The summed E-state index contributed by atoms with van der Waals surface area (Å²) in [4.78, 5) is 11.1. The Kier molecular flexibility index (Phi) is 3.04. The molecule has 22 heavy (non-hydrogen) atoms. The Morgan fingerprint density at radius 2 is 1.50 bits per heavy atom. The average Bonchev–Trinajstić information content (AvgIpc) is 2.98. The van der Waals surface area contributed by atoms with E-state index in [9.17, 15) is 0 Å². The molecule has 4 rings (SSSR count). The lowest BCUT2D eigenvalue weighted by Crippen LogP contribution is -2.14. The molecule has 3 aromatic rings. The Labute approximate surface area is 128 Å². The van der Waals surface area contributed by atoms with Crippen molar-refractivity contribution in [3.63, 3.8) is 0 Å². The van der Waals surface area contributed by atoms with Gasteiger partial charge in [-0.3, -0.25) is 9.97 Å². The molecule has 1 aliphatic heterocycles. The molecule has 5 heteroatoms. The van der Waals surface area contributed by atoms with E-state index in [1.54, 1.807) is 12.4 Å². The zero-order valence-corrected chi connectivity index (χ0v) is 12.3. The third-order valence-electron chi connectivity index (χ3n) is 3.94. The first-order valence-electron chi connectivity index (χ1n) is 7.28. The van der Waals surface area contributed by atoms with Crippen LogP contribution in [-0.2, 0) is 6.42 Å². The van der Waals surface area contributed by atoms with Gasteiger partial charge >= 0.3 is 0 Å². The van der Waals surface area contributed by atoms with E-state index < -0.39 is 0 Å². The topological polar surface area (TPSA) is 54.8 Å². The summed E-state index contributed by atoms with van der Waals surface area (Å²) in [6.45, 7) is 0.961. The van der Waals surface area contributed by atoms with E-state index >= 15 is 0 Å². The van der Waals surface area contributed by atoms with Crippen LogP contribution in [-0.4, -0.2) is 33.8 Å².